The molecule has 0 aliphatic carbocycles. The zero-order valence-corrected chi connectivity index (χ0v) is 11.2. The Bertz CT molecular complexity index is 723. The zero-order chi connectivity index (χ0) is 13.2. The number of carbonyl (C=O) groups excluding carboxylic acids is 1. The Labute approximate surface area is 118 Å². The van der Waals surface area contributed by atoms with Crippen molar-refractivity contribution in [2.45, 2.75) is 10.1 Å². The fraction of sp³-hybridized carbons (Fsp3) is 0. The molecule has 94 valence electrons. The first kappa shape index (κ1) is 12.2. The lowest BCUT2D eigenvalue weighted by Gasteiger charge is -2.01. The van der Waals surface area contributed by atoms with E-state index in [1.807, 2.05) is 30.3 Å². The molecular weight excluding hydrogens is 282 g/mol. The summed E-state index contributed by atoms with van der Waals surface area (Å²) in [4.78, 5) is 22.2. The molecule has 0 bridgehead atoms. The van der Waals surface area contributed by atoms with Crippen LogP contribution in [-0.2, 0) is 0 Å². The number of aromatic nitrogens is 3. The molecule has 0 saturated carbocycles. The van der Waals surface area contributed by atoms with Crippen molar-refractivity contribution in [2.75, 3.05) is 0 Å². The minimum Gasteiger partial charge on any atom is -0.349 e. The summed E-state index contributed by atoms with van der Waals surface area (Å²) in [6, 6.07) is 9.95. The van der Waals surface area contributed by atoms with Crippen molar-refractivity contribution >= 4 is 40.6 Å². The Balaban J connectivity index is 2.01. The predicted molar refractivity (Wildman–Crippen MR) is 74.9 cm³/mol. The molecule has 2 aromatic heterocycles. The molecule has 3 aromatic rings. The third-order valence-electron chi connectivity index (χ3n) is 2.63. The molecule has 0 aliphatic rings. The fourth-order valence-corrected chi connectivity index (χ4v) is 2.89. The Morgan fingerprint density at radius 2 is 2.11 bits per heavy atom. The zero-order valence-electron chi connectivity index (χ0n) is 9.63. The van der Waals surface area contributed by atoms with Crippen LogP contribution in [0.3, 0.4) is 0 Å². The second kappa shape index (κ2) is 5.03. The summed E-state index contributed by atoms with van der Waals surface area (Å²) in [5, 5.41) is 2.72. The molecule has 3 rings (SSSR count). The molecule has 1 aromatic carbocycles. The first-order valence-corrected chi connectivity index (χ1v) is 6.68. The number of halogens is 1. The number of hydrogen-bond acceptors (Lipinski definition) is 4. The van der Waals surface area contributed by atoms with Crippen molar-refractivity contribution in [1.29, 1.82) is 0 Å². The average Bonchev–Trinajstić information content (AvgIpc) is 2.81. The molecule has 0 radical (unpaired) electrons. The highest BCUT2D eigenvalue weighted by Crippen LogP contribution is 2.31. The van der Waals surface area contributed by atoms with Gasteiger partial charge in [-0.2, -0.15) is 0 Å². The smallest absolute Gasteiger partial charge is 0.155 e. The monoisotopic (exact) mass is 289 g/mol. The van der Waals surface area contributed by atoms with E-state index in [0.29, 0.717) is 16.9 Å². The third-order valence-corrected chi connectivity index (χ3v) is 3.89. The Hall–Kier alpha value is -1.85. The molecule has 4 nitrogen and oxygen atoms in total. The van der Waals surface area contributed by atoms with Crippen molar-refractivity contribution in [3.05, 3.63) is 47.4 Å². The van der Waals surface area contributed by atoms with E-state index in [0.717, 1.165) is 15.9 Å². The van der Waals surface area contributed by atoms with E-state index in [4.69, 9.17) is 11.6 Å². The highest BCUT2D eigenvalue weighted by atomic mass is 35.5. The summed E-state index contributed by atoms with van der Waals surface area (Å²) in [5.41, 5.74) is 1.35. The van der Waals surface area contributed by atoms with Crippen LogP contribution in [0.1, 0.15) is 10.4 Å². The van der Waals surface area contributed by atoms with Gasteiger partial charge in [0.05, 0.1) is 10.6 Å². The van der Waals surface area contributed by atoms with Gasteiger partial charge in [-0.05, 0) is 12.1 Å². The van der Waals surface area contributed by atoms with Crippen molar-refractivity contribution in [3.63, 3.8) is 0 Å². The van der Waals surface area contributed by atoms with Crippen LogP contribution in [0.25, 0.3) is 10.9 Å². The molecule has 0 unspecified atom stereocenters. The number of para-hydroxylation sites is 1. The molecule has 0 amide bonds. The van der Waals surface area contributed by atoms with Crippen LogP contribution in [0.15, 0.2) is 46.7 Å². The molecule has 19 heavy (non-hydrogen) atoms. The molecule has 0 aliphatic heterocycles. The minimum absolute atomic E-state index is 0.170. The van der Waals surface area contributed by atoms with Crippen LogP contribution in [0.4, 0.5) is 0 Å². The standard InChI is InChI=1S/C13H8ClN3OS/c14-12-9(6-18)13(16-7-15-12)19-11-5-8-3-1-2-4-10(8)17-11/h1-7,17H. The largest absolute Gasteiger partial charge is 0.349 e. The summed E-state index contributed by atoms with van der Waals surface area (Å²) < 4.78 is 0. The van der Waals surface area contributed by atoms with Gasteiger partial charge >= 0.3 is 0 Å². The number of aldehydes is 1. The van der Waals surface area contributed by atoms with Gasteiger partial charge in [-0.3, -0.25) is 4.79 Å². The van der Waals surface area contributed by atoms with Gasteiger partial charge in [0, 0.05) is 10.9 Å². The van der Waals surface area contributed by atoms with E-state index in [1.54, 1.807) is 0 Å². The third kappa shape index (κ3) is 2.34. The first-order valence-electron chi connectivity index (χ1n) is 5.49. The van der Waals surface area contributed by atoms with Gasteiger partial charge in [0.15, 0.2) is 6.29 Å². The molecule has 0 fully saturated rings. The summed E-state index contributed by atoms with van der Waals surface area (Å²) in [6.07, 6.45) is 2.02. The van der Waals surface area contributed by atoms with Crippen LogP contribution >= 0.6 is 23.4 Å². The summed E-state index contributed by atoms with van der Waals surface area (Å²) >= 11 is 7.22. The maximum absolute atomic E-state index is 11.0. The molecule has 2 heterocycles. The number of fused-ring (bicyclic) bond motifs is 1. The van der Waals surface area contributed by atoms with E-state index in [9.17, 15) is 4.79 Å². The Morgan fingerprint density at radius 3 is 2.89 bits per heavy atom. The van der Waals surface area contributed by atoms with Crippen LogP contribution in [0.2, 0.25) is 5.15 Å². The highest BCUT2D eigenvalue weighted by molar-refractivity contribution is 7.99. The quantitative estimate of drug-likeness (QED) is 0.591. The Kier molecular flexibility index (Phi) is 3.23. The Morgan fingerprint density at radius 1 is 1.26 bits per heavy atom. The van der Waals surface area contributed by atoms with E-state index in [1.165, 1.54) is 18.1 Å². The van der Waals surface area contributed by atoms with Crippen molar-refractivity contribution in [1.82, 2.24) is 15.0 Å². The summed E-state index contributed by atoms with van der Waals surface area (Å²) in [7, 11) is 0. The first-order chi connectivity index (χ1) is 9.28. The van der Waals surface area contributed by atoms with E-state index >= 15 is 0 Å². The van der Waals surface area contributed by atoms with Crippen LogP contribution in [-0.4, -0.2) is 21.2 Å². The van der Waals surface area contributed by atoms with Crippen molar-refractivity contribution in [2.24, 2.45) is 0 Å². The van der Waals surface area contributed by atoms with Gasteiger partial charge < -0.3 is 4.98 Å². The SMILES string of the molecule is O=Cc1c(Cl)ncnc1Sc1cc2ccccc2[nH]1. The lowest BCUT2D eigenvalue weighted by Crippen LogP contribution is -1.93. The van der Waals surface area contributed by atoms with E-state index < -0.39 is 0 Å². The maximum Gasteiger partial charge on any atom is 0.155 e. The molecule has 1 N–H and O–H groups in total. The minimum atomic E-state index is 0.170. The van der Waals surface area contributed by atoms with Gasteiger partial charge in [-0.1, -0.05) is 41.6 Å². The predicted octanol–water partition coefficient (Wildman–Crippen LogP) is 3.58. The van der Waals surface area contributed by atoms with Crippen LogP contribution < -0.4 is 0 Å². The summed E-state index contributed by atoms with van der Waals surface area (Å²) in [6.45, 7) is 0. The van der Waals surface area contributed by atoms with Crippen molar-refractivity contribution < 1.29 is 4.79 Å². The number of benzene rings is 1. The van der Waals surface area contributed by atoms with Gasteiger partial charge in [0.25, 0.3) is 0 Å². The summed E-state index contributed by atoms with van der Waals surface area (Å²) in [5.74, 6) is 0. The average molecular weight is 290 g/mol. The fourth-order valence-electron chi connectivity index (χ4n) is 1.75. The maximum atomic E-state index is 11.0. The normalized spacial score (nSPS) is 10.8. The number of nitrogens with one attached hydrogen (secondary N) is 1. The number of hydrogen-bond donors (Lipinski definition) is 1. The van der Waals surface area contributed by atoms with E-state index in [2.05, 4.69) is 15.0 Å². The molecular formula is C13H8ClN3OS. The van der Waals surface area contributed by atoms with Gasteiger partial charge in [0.2, 0.25) is 0 Å². The molecule has 0 atom stereocenters. The number of carbonyl (C=O) groups is 1. The van der Waals surface area contributed by atoms with Crippen LogP contribution in [0, 0.1) is 0 Å². The highest BCUT2D eigenvalue weighted by Gasteiger charge is 2.11. The van der Waals surface area contributed by atoms with Crippen LogP contribution in [0.5, 0.6) is 0 Å². The lowest BCUT2D eigenvalue weighted by atomic mass is 10.3. The number of aromatic amines is 1. The van der Waals surface area contributed by atoms with Gasteiger partial charge in [0.1, 0.15) is 16.5 Å². The number of H-pyrrole nitrogens is 1. The molecule has 0 spiro atoms. The lowest BCUT2D eigenvalue weighted by molar-refractivity contribution is 0.112. The number of rotatable bonds is 3. The van der Waals surface area contributed by atoms with Crippen molar-refractivity contribution in [3.8, 4) is 0 Å². The van der Waals surface area contributed by atoms with Gasteiger partial charge in [-0.15, -0.1) is 0 Å². The second-order valence-electron chi connectivity index (χ2n) is 3.82. The topological polar surface area (TPSA) is 58.6 Å². The molecule has 0 saturated heterocycles. The van der Waals surface area contributed by atoms with E-state index in [-0.39, 0.29) is 5.15 Å². The van der Waals surface area contributed by atoms with Gasteiger partial charge in [-0.25, -0.2) is 9.97 Å². The second-order valence-corrected chi connectivity index (χ2v) is 5.21. The molecule has 6 heteroatoms. The number of nitrogens with zero attached hydrogens (tertiary/aromatic N) is 2.